The molecule has 2 nitrogen and oxygen atoms in total. The summed E-state index contributed by atoms with van der Waals surface area (Å²) in [5.74, 6) is 0. The Hall–Kier alpha value is -1.48. The second-order valence-electron chi connectivity index (χ2n) is 5.82. The van der Waals surface area contributed by atoms with Crippen molar-refractivity contribution in [1.82, 2.24) is 4.98 Å². The number of hydrogen-bond donors (Lipinski definition) is 0. The summed E-state index contributed by atoms with van der Waals surface area (Å²) in [4.78, 5) is 4.55. The van der Waals surface area contributed by atoms with Gasteiger partial charge in [0.05, 0.1) is 10.8 Å². The lowest BCUT2D eigenvalue weighted by molar-refractivity contribution is 0.674. The van der Waals surface area contributed by atoms with Gasteiger partial charge >= 0.3 is 0 Å². The van der Waals surface area contributed by atoms with Gasteiger partial charge in [0.25, 0.3) is 0 Å². The van der Waals surface area contributed by atoms with E-state index in [0.29, 0.717) is 5.25 Å². The van der Waals surface area contributed by atoms with Gasteiger partial charge in [-0.05, 0) is 55.5 Å². The molecule has 0 aliphatic carbocycles. The molecule has 0 saturated carbocycles. The molecule has 2 bridgehead atoms. The van der Waals surface area contributed by atoms with Gasteiger partial charge in [0.1, 0.15) is 0 Å². The van der Waals surface area contributed by atoms with Gasteiger partial charge < -0.3 is 0 Å². The average molecular weight is 283 g/mol. The maximum atomic E-state index is 12.1. The fourth-order valence-corrected chi connectivity index (χ4v) is 5.22. The molecule has 0 amide bonds. The summed E-state index contributed by atoms with van der Waals surface area (Å²) in [7, 11) is -0.632. The minimum absolute atomic E-state index is 0.288. The van der Waals surface area contributed by atoms with Gasteiger partial charge in [0, 0.05) is 27.1 Å². The fraction of sp³-hybridized carbons (Fsp3) is 0.353. The molecule has 20 heavy (non-hydrogen) atoms. The van der Waals surface area contributed by atoms with Gasteiger partial charge in [-0.2, -0.15) is 0 Å². The fourth-order valence-electron chi connectivity index (χ4n) is 3.34. The van der Waals surface area contributed by atoms with E-state index in [1.165, 1.54) is 16.5 Å². The molecular weight excluding hydrogens is 266 g/mol. The van der Waals surface area contributed by atoms with Crippen LogP contribution < -0.4 is 0 Å². The van der Waals surface area contributed by atoms with E-state index in [0.717, 1.165) is 30.5 Å². The first-order valence-electron chi connectivity index (χ1n) is 7.18. The Labute approximate surface area is 121 Å². The van der Waals surface area contributed by atoms with E-state index in [4.69, 9.17) is 0 Å². The Kier molecular flexibility index (Phi) is 2.77. The number of pyridine rings is 1. The van der Waals surface area contributed by atoms with Crippen LogP contribution in [0, 0.1) is 6.92 Å². The summed E-state index contributed by atoms with van der Waals surface area (Å²) in [6.07, 6.45) is 5.43. The van der Waals surface area contributed by atoms with Crippen LogP contribution in [-0.4, -0.2) is 19.7 Å². The number of fused-ring (bicyclic) bond motifs is 3. The number of nitrogens with zero attached hydrogens (tertiary/aromatic N) is 1. The van der Waals surface area contributed by atoms with Crippen molar-refractivity contribution in [2.45, 2.75) is 36.7 Å². The monoisotopic (exact) mass is 283 g/mol. The summed E-state index contributed by atoms with van der Waals surface area (Å²) in [5.41, 5.74) is 4.75. The Morgan fingerprint density at radius 3 is 2.95 bits per heavy atom. The molecular formula is C17H17NOS. The van der Waals surface area contributed by atoms with E-state index < -0.39 is 10.8 Å². The summed E-state index contributed by atoms with van der Waals surface area (Å²) >= 11 is 0. The number of aryl methyl sites for hydroxylation is 1. The molecule has 3 atom stereocenters. The van der Waals surface area contributed by atoms with Crippen LogP contribution in [0.25, 0.3) is 16.5 Å². The molecule has 1 fully saturated rings. The van der Waals surface area contributed by atoms with E-state index in [1.54, 1.807) is 0 Å². The van der Waals surface area contributed by atoms with E-state index in [2.05, 4.69) is 41.4 Å². The molecule has 0 spiro atoms. The third-order valence-corrected chi connectivity index (χ3v) is 6.46. The van der Waals surface area contributed by atoms with Crippen molar-refractivity contribution in [2.24, 2.45) is 0 Å². The molecule has 1 saturated heterocycles. The van der Waals surface area contributed by atoms with Crippen molar-refractivity contribution < 1.29 is 4.21 Å². The lowest BCUT2D eigenvalue weighted by atomic mass is 9.99. The normalized spacial score (nSPS) is 28.6. The molecule has 1 aromatic carbocycles. The maximum absolute atomic E-state index is 12.1. The first-order chi connectivity index (χ1) is 9.70. The first kappa shape index (κ1) is 12.3. The molecule has 2 aliphatic heterocycles. The molecule has 3 heterocycles. The van der Waals surface area contributed by atoms with Crippen LogP contribution in [0.2, 0.25) is 0 Å². The molecule has 102 valence electrons. The SMILES string of the molecule is Cc1ccc2cc(C3=CC4CCC(C3)S4=O)ccc2n1. The molecule has 3 unspecified atom stereocenters. The van der Waals surface area contributed by atoms with Crippen LogP contribution in [0.4, 0.5) is 0 Å². The quantitative estimate of drug-likeness (QED) is 0.800. The highest BCUT2D eigenvalue weighted by atomic mass is 32.2. The van der Waals surface area contributed by atoms with E-state index >= 15 is 0 Å². The molecule has 0 N–H and O–H groups in total. The van der Waals surface area contributed by atoms with Crippen LogP contribution in [0.1, 0.15) is 30.5 Å². The van der Waals surface area contributed by atoms with Crippen LogP contribution in [0.3, 0.4) is 0 Å². The zero-order chi connectivity index (χ0) is 13.7. The second kappa shape index (κ2) is 4.52. The summed E-state index contributed by atoms with van der Waals surface area (Å²) in [5, 5.41) is 1.86. The Morgan fingerprint density at radius 2 is 2.10 bits per heavy atom. The topological polar surface area (TPSA) is 30.0 Å². The Morgan fingerprint density at radius 1 is 1.20 bits per heavy atom. The number of hydrogen-bond acceptors (Lipinski definition) is 2. The average Bonchev–Trinajstić information content (AvgIpc) is 2.68. The standard InChI is InChI=1S/C17H17NOS/c1-11-2-3-13-8-12(4-7-17(13)18-11)14-9-15-5-6-16(10-14)20(15)19/h2-4,7-9,15-16H,5-6,10H2,1H3. The van der Waals surface area contributed by atoms with Crippen molar-refractivity contribution in [3.63, 3.8) is 0 Å². The molecule has 2 aliphatic rings. The predicted molar refractivity (Wildman–Crippen MR) is 84.0 cm³/mol. The van der Waals surface area contributed by atoms with Gasteiger partial charge in [0.2, 0.25) is 0 Å². The van der Waals surface area contributed by atoms with E-state index in [9.17, 15) is 4.21 Å². The van der Waals surface area contributed by atoms with E-state index in [-0.39, 0.29) is 5.25 Å². The number of allylic oxidation sites excluding steroid dienone is 1. The molecule has 2 aromatic rings. The zero-order valence-electron chi connectivity index (χ0n) is 11.5. The Balaban J connectivity index is 1.78. The molecule has 4 rings (SSSR count). The van der Waals surface area contributed by atoms with Crippen LogP contribution in [0.5, 0.6) is 0 Å². The Bertz CT molecular complexity index is 750. The van der Waals surface area contributed by atoms with Gasteiger partial charge in [-0.15, -0.1) is 0 Å². The van der Waals surface area contributed by atoms with Crippen LogP contribution >= 0.6 is 0 Å². The third-order valence-electron chi connectivity index (χ3n) is 4.43. The largest absolute Gasteiger partial charge is 0.259 e. The summed E-state index contributed by atoms with van der Waals surface area (Å²) < 4.78 is 12.1. The lowest BCUT2D eigenvalue weighted by Gasteiger charge is -2.19. The van der Waals surface area contributed by atoms with Gasteiger partial charge in [-0.25, -0.2) is 0 Å². The van der Waals surface area contributed by atoms with Crippen molar-refractivity contribution >= 4 is 27.3 Å². The maximum Gasteiger partial charge on any atom is 0.0705 e. The lowest BCUT2D eigenvalue weighted by Crippen LogP contribution is -2.19. The molecule has 3 heteroatoms. The number of rotatable bonds is 1. The van der Waals surface area contributed by atoms with Crippen molar-refractivity contribution in [2.75, 3.05) is 0 Å². The second-order valence-corrected chi connectivity index (χ2v) is 7.75. The highest BCUT2D eigenvalue weighted by Crippen LogP contribution is 2.38. The smallest absolute Gasteiger partial charge is 0.0705 e. The van der Waals surface area contributed by atoms with Crippen molar-refractivity contribution in [1.29, 1.82) is 0 Å². The van der Waals surface area contributed by atoms with Crippen LogP contribution in [-0.2, 0) is 10.8 Å². The summed E-state index contributed by atoms with van der Waals surface area (Å²) in [6.45, 7) is 2.02. The summed E-state index contributed by atoms with van der Waals surface area (Å²) in [6, 6.07) is 10.7. The third kappa shape index (κ3) is 1.92. The van der Waals surface area contributed by atoms with Gasteiger partial charge in [-0.1, -0.05) is 18.2 Å². The highest BCUT2D eigenvalue weighted by Gasteiger charge is 2.36. The molecule has 1 aromatic heterocycles. The predicted octanol–water partition coefficient (Wildman–Crippen LogP) is 3.61. The van der Waals surface area contributed by atoms with E-state index in [1.807, 2.05) is 6.92 Å². The van der Waals surface area contributed by atoms with Gasteiger partial charge in [-0.3, -0.25) is 9.19 Å². The van der Waals surface area contributed by atoms with Crippen molar-refractivity contribution in [3.8, 4) is 0 Å². The zero-order valence-corrected chi connectivity index (χ0v) is 12.3. The minimum atomic E-state index is -0.632. The molecule has 0 radical (unpaired) electrons. The van der Waals surface area contributed by atoms with Gasteiger partial charge in [0.15, 0.2) is 0 Å². The highest BCUT2D eigenvalue weighted by molar-refractivity contribution is 7.86. The number of benzene rings is 1. The minimum Gasteiger partial charge on any atom is -0.259 e. The number of aromatic nitrogens is 1. The first-order valence-corrected chi connectivity index (χ1v) is 8.46. The van der Waals surface area contributed by atoms with Crippen molar-refractivity contribution in [3.05, 3.63) is 47.7 Å². The van der Waals surface area contributed by atoms with Crippen LogP contribution in [0.15, 0.2) is 36.4 Å².